The zero-order valence-corrected chi connectivity index (χ0v) is 11.1. The van der Waals surface area contributed by atoms with Crippen LogP contribution >= 0.6 is 0 Å². The van der Waals surface area contributed by atoms with Crippen LogP contribution in [-0.4, -0.2) is 14.0 Å². The lowest BCUT2D eigenvalue weighted by Gasteiger charge is -2.23. The normalized spacial score (nSPS) is 19.4. The van der Waals surface area contributed by atoms with Gasteiger partial charge in [0.15, 0.2) is 0 Å². The van der Waals surface area contributed by atoms with Crippen LogP contribution in [0.25, 0.3) is 0 Å². The molecule has 1 aliphatic rings. The molecule has 0 atom stereocenters. The molecular weight excluding hydrogens is 236 g/mol. The smallest absolute Gasteiger partial charge is 0.260 e. The second-order valence-corrected chi connectivity index (χ2v) is 6.55. The lowest BCUT2D eigenvalue weighted by atomic mass is 10.1. The van der Waals surface area contributed by atoms with Gasteiger partial charge in [-0.3, -0.25) is 4.18 Å². The minimum Gasteiger partial charge on any atom is -0.260 e. The molecule has 1 aliphatic carbocycles. The molecule has 0 amide bonds. The molecule has 0 spiro atoms. The molecule has 1 aromatic carbocycles. The molecule has 0 saturated heterocycles. The summed E-state index contributed by atoms with van der Waals surface area (Å²) in [6.45, 7) is 3.81. The van der Waals surface area contributed by atoms with Gasteiger partial charge in [0.2, 0.25) is 0 Å². The van der Waals surface area contributed by atoms with E-state index in [4.69, 9.17) is 4.18 Å². The number of hydrogen-bond acceptors (Lipinski definition) is 3. The minimum atomic E-state index is -3.62. The summed E-state index contributed by atoms with van der Waals surface area (Å²) in [6, 6.07) is 6.77. The van der Waals surface area contributed by atoms with Crippen LogP contribution in [0.3, 0.4) is 0 Å². The van der Waals surface area contributed by atoms with Crippen molar-refractivity contribution in [3.63, 3.8) is 0 Å². The van der Waals surface area contributed by atoms with E-state index in [0.29, 0.717) is 0 Å². The third kappa shape index (κ3) is 2.87. The highest BCUT2D eigenvalue weighted by atomic mass is 32.2. The van der Waals surface area contributed by atoms with E-state index >= 15 is 0 Å². The van der Waals surface area contributed by atoms with Crippen LogP contribution < -0.4 is 0 Å². The van der Waals surface area contributed by atoms with Gasteiger partial charge in [0.05, 0.1) is 10.5 Å². The third-order valence-electron chi connectivity index (χ3n) is 3.28. The van der Waals surface area contributed by atoms with Crippen molar-refractivity contribution in [1.82, 2.24) is 0 Å². The van der Waals surface area contributed by atoms with Gasteiger partial charge in [0, 0.05) is 0 Å². The predicted octanol–water partition coefficient (Wildman–Crippen LogP) is 3.03. The highest BCUT2D eigenvalue weighted by Crippen LogP contribution is 2.35. The summed E-state index contributed by atoms with van der Waals surface area (Å²) in [5.74, 6) is 0. The van der Waals surface area contributed by atoms with Crippen molar-refractivity contribution >= 4 is 10.1 Å². The first kappa shape index (κ1) is 12.6. The van der Waals surface area contributed by atoms with E-state index in [1.54, 1.807) is 24.3 Å². The number of aryl methyl sites for hydroxylation is 1. The van der Waals surface area contributed by atoms with Crippen LogP contribution in [0.15, 0.2) is 29.2 Å². The Morgan fingerprint density at radius 1 is 1.12 bits per heavy atom. The van der Waals surface area contributed by atoms with Crippen molar-refractivity contribution in [2.24, 2.45) is 0 Å². The van der Waals surface area contributed by atoms with Gasteiger partial charge >= 0.3 is 0 Å². The van der Waals surface area contributed by atoms with Crippen LogP contribution in [0.1, 0.15) is 38.2 Å². The van der Waals surface area contributed by atoms with Crippen molar-refractivity contribution in [3.8, 4) is 0 Å². The molecule has 94 valence electrons. The Morgan fingerprint density at radius 3 is 2.18 bits per heavy atom. The van der Waals surface area contributed by atoms with Crippen LogP contribution in [-0.2, 0) is 14.3 Å². The van der Waals surface area contributed by atoms with Gasteiger partial charge in [-0.25, -0.2) is 0 Å². The molecule has 0 aliphatic heterocycles. The predicted molar refractivity (Wildman–Crippen MR) is 66.3 cm³/mol. The van der Waals surface area contributed by atoms with Crippen molar-refractivity contribution in [3.05, 3.63) is 29.8 Å². The average Bonchev–Trinajstić information content (AvgIpc) is 2.64. The highest BCUT2D eigenvalue weighted by Gasteiger charge is 2.35. The first-order valence-corrected chi connectivity index (χ1v) is 7.34. The van der Waals surface area contributed by atoms with Gasteiger partial charge in [-0.05, 0) is 38.8 Å². The maximum Gasteiger partial charge on any atom is 0.297 e. The van der Waals surface area contributed by atoms with Gasteiger partial charge in [0.1, 0.15) is 0 Å². The molecule has 4 heteroatoms. The van der Waals surface area contributed by atoms with Crippen molar-refractivity contribution < 1.29 is 12.6 Å². The highest BCUT2D eigenvalue weighted by molar-refractivity contribution is 7.86. The molecule has 1 fully saturated rings. The fourth-order valence-electron chi connectivity index (χ4n) is 2.22. The standard InChI is InChI=1S/C13H18O3S/c1-11-5-7-12(8-6-11)17(14,15)16-13(2)9-3-4-10-13/h5-8H,3-4,9-10H2,1-2H3. The van der Waals surface area contributed by atoms with Crippen molar-refractivity contribution in [2.75, 3.05) is 0 Å². The molecule has 0 N–H and O–H groups in total. The van der Waals surface area contributed by atoms with Gasteiger partial charge in [-0.15, -0.1) is 0 Å². The zero-order valence-electron chi connectivity index (χ0n) is 10.3. The molecule has 0 heterocycles. The van der Waals surface area contributed by atoms with Gasteiger partial charge in [-0.1, -0.05) is 30.5 Å². The molecule has 0 aromatic heterocycles. The molecule has 0 unspecified atom stereocenters. The van der Waals surface area contributed by atoms with Crippen LogP contribution in [0.5, 0.6) is 0 Å². The molecule has 1 saturated carbocycles. The Bertz CT molecular complexity index is 482. The van der Waals surface area contributed by atoms with E-state index in [1.807, 2.05) is 13.8 Å². The third-order valence-corrected chi connectivity index (χ3v) is 4.75. The SMILES string of the molecule is Cc1ccc(S(=O)(=O)OC2(C)CCCC2)cc1. The minimum absolute atomic E-state index is 0.247. The number of rotatable bonds is 3. The molecule has 0 bridgehead atoms. The lowest BCUT2D eigenvalue weighted by molar-refractivity contribution is 0.105. The Hall–Kier alpha value is -0.870. The van der Waals surface area contributed by atoms with Crippen LogP contribution in [0.4, 0.5) is 0 Å². The maximum absolute atomic E-state index is 12.1. The van der Waals surface area contributed by atoms with E-state index in [9.17, 15) is 8.42 Å². The van der Waals surface area contributed by atoms with E-state index < -0.39 is 15.7 Å². The summed E-state index contributed by atoms with van der Waals surface area (Å²) < 4.78 is 29.5. The number of benzene rings is 1. The monoisotopic (exact) mass is 254 g/mol. The van der Waals surface area contributed by atoms with Gasteiger partial charge in [-0.2, -0.15) is 8.42 Å². The van der Waals surface area contributed by atoms with Gasteiger partial charge < -0.3 is 0 Å². The second kappa shape index (κ2) is 4.42. The summed E-state index contributed by atoms with van der Waals surface area (Å²) in [4.78, 5) is 0.247. The largest absolute Gasteiger partial charge is 0.297 e. The Kier molecular flexibility index (Phi) is 3.27. The molecule has 3 nitrogen and oxygen atoms in total. The fourth-order valence-corrected chi connectivity index (χ4v) is 3.49. The maximum atomic E-state index is 12.1. The van der Waals surface area contributed by atoms with E-state index in [0.717, 1.165) is 31.2 Å². The van der Waals surface area contributed by atoms with Gasteiger partial charge in [0.25, 0.3) is 10.1 Å². The first-order chi connectivity index (χ1) is 7.91. The van der Waals surface area contributed by atoms with Crippen LogP contribution in [0.2, 0.25) is 0 Å². The average molecular weight is 254 g/mol. The topological polar surface area (TPSA) is 43.4 Å². The Labute approximate surface area is 103 Å². The van der Waals surface area contributed by atoms with Crippen LogP contribution in [0, 0.1) is 6.92 Å². The molecule has 1 aromatic rings. The summed E-state index contributed by atoms with van der Waals surface area (Å²) in [5, 5.41) is 0. The van der Waals surface area contributed by atoms with Crippen molar-refractivity contribution in [2.45, 2.75) is 50.0 Å². The summed E-state index contributed by atoms with van der Waals surface area (Å²) in [5.41, 5.74) is 0.528. The second-order valence-electron chi connectivity index (χ2n) is 5.01. The van der Waals surface area contributed by atoms with Crippen molar-refractivity contribution in [1.29, 1.82) is 0 Å². The zero-order chi connectivity index (χ0) is 12.5. The Balaban J connectivity index is 2.22. The molecule has 17 heavy (non-hydrogen) atoms. The number of hydrogen-bond donors (Lipinski definition) is 0. The first-order valence-electron chi connectivity index (χ1n) is 5.94. The van der Waals surface area contributed by atoms with E-state index in [1.165, 1.54) is 0 Å². The Morgan fingerprint density at radius 2 is 1.65 bits per heavy atom. The summed E-state index contributed by atoms with van der Waals surface area (Å²) in [7, 11) is -3.62. The van der Waals surface area contributed by atoms with E-state index in [-0.39, 0.29) is 4.90 Å². The summed E-state index contributed by atoms with van der Waals surface area (Å²) in [6.07, 6.45) is 3.72. The molecular formula is C13H18O3S. The molecule has 0 radical (unpaired) electrons. The quantitative estimate of drug-likeness (QED) is 0.779. The lowest BCUT2D eigenvalue weighted by Crippen LogP contribution is -2.28. The summed E-state index contributed by atoms with van der Waals surface area (Å²) >= 11 is 0. The van der Waals surface area contributed by atoms with E-state index in [2.05, 4.69) is 0 Å². The molecule has 2 rings (SSSR count). The fraction of sp³-hybridized carbons (Fsp3) is 0.538.